The number of imidazole rings is 1. The zero-order chi connectivity index (χ0) is 17.6. The minimum atomic E-state index is -0.118. The lowest BCUT2D eigenvalue weighted by Crippen LogP contribution is -2.21. The van der Waals surface area contributed by atoms with E-state index in [1.54, 1.807) is 12.5 Å². The number of nitrogens with zero attached hydrogens (tertiary/aromatic N) is 3. The number of benzene rings is 2. The molecule has 2 aromatic carbocycles. The standard InChI is InChI=1S/C20H22N4O/c1-3-23(4-2)18-11-7-17(8-12-18)22-20(25)16-5-9-19(10-6-16)24-14-13-21-15-24/h5-15H,3-4H2,1-2H3,(H,22,25). The van der Waals surface area contributed by atoms with Crippen LogP contribution in [-0.4, -0.2) is 28.5 Å². The summed E-state index contributed by atoms with van der Waals surface area (Å²) in [5, 5.41) is 2.94. The van der Waals surface area contributed by atoms with Crippen molar-refractivity contribution in [1.29, 1.82) is 0 Å². The molecule has 0 saturated heterocycles. The number of carbonyl (C=O) groups is 1. The predicted octanol–water partition coefficient (Wildman–Crippen LogP) is 3.97. The van der Waals surface area contributed by atoms with E-state index in [2.05, 4.69) is 29.0 Å². The Kier molecular flexibility index (Phi) is 5.14. The molecule has 0 spiro atoms. The molecule has 0 aliphatic heterocycles. The van der Waals surface area contributed by atoms with Gasteiger partial charge in [-0.05, 0) is 62.4 Å². The molecule has 0 radical (unpaired) electrons. The van der Waals surface area contributed by atoms with E-state index in [-0.39, 0.29) is 5.91 Å². The van der Waals surface area contributed by atoms with Gasteiger partial charge in [0, 0.05) is 48.1 Å². The van der Waals surface area contributed by atoms with Crippen molar-refractivity contribution in [2.24, 2.45) is 0 Å². The Morgan fingerprint density at radius 2 is 1.72 bits per heavy atom. The molecule has 0 unspecified atom stereocenters. The average Bonchev–Trinajstić information content (AvgIpc) is 3.19. The van der Waals surface area contributed by atoms with E-state index >= 15 is 0 Å². The Labute approximate surface area is 147 Å². The fourth-order valence-electron chi connectivity index (χ4n) is 2.74. The van der Waals surface area contributed by atoms with E-state index in [1.807, 2.05) is 59.3 Å². The molecular weight excluding hydrogens is 312 g/mol. The second kappa shape index (κ2) is 7.66. The van der Waals surface area contributed by atoms with Gasteiger partial charge in [0.25, 0.3) is 5.91 Å². The lowest BCUT2D eigenvalue weighted by molar-refractivity contribution is 0.102. The monoisotopic (exact) mass is 334 g/mol. The summed E-state index contributed by atoms with van der Waals surface area (Å²) in [6.45, 7) is 6.19. The Hall–Kier alpha value is -3.08. The fourth-order valence-corrected chi connectivity index (χ4v) is 2.74. The highest BCUT2D eigenvalue weighted by molar-refractivity contribution is 6.04. The van der Waals surface area contributed by atoms with Crippen LogP contribution < -0.4 is 10.2 Å². The normalized spacial score (nSPS) is 10.5. The van der Waals surface area contributed by atoms with Gasteiger partial charge in [0.05, 0.1) is 6.33 Å². The van der Waals surface area contributed by atoms with Crippen molar-refractivity contribution in [3.63, 3.8) is 0 Å². The maximum Gasteiger partial charge on any atom is 0.255 e. The second-order valence-electron chi connectivity index (χ2n) is 5.69. The third kappa shape index (κ3) is 3.88. The molecule has 3 rings (SSSR count). The minimum absolute atomic E-state index is 0.118. The first-order valence-electron chi connectivity index (χ1n) is 8.46. The molecule has 1 heterocycles. The summed E-state index contributed by atoms with van der Waals surface area (Å²) in [6, 6.07) is 15.4. The number of hydrogen-bond acceptors (Lipinski definition) is 3. The average molecular weight is 334 g/mol. The molecule has 0 aliphatic carbocycles. The van der Waals surface area contributed by atoms with Gasteiger partial charge in [-0.25, -0.2) is 4.98 Å². The van der Waals surface area contributed by atoms with Gasteiger partial charge in [-0.1, -0.05) is 0 Å². The first-order valence-corrected chi connectivity index (χ1v) is 8.46. The van der Waals surface area contributed by atoms with Crippen LogP contribution in [0.1, 0.15) is 24.2 Å². The summed E-state index contributed by atoms with van der Waals surface area (Å²) in [4.78, 5) is 18.7. The first kappa shape index (κ1) is 16.8. The maximum absolute atomic E-state index is 12.4. The van der Waals surface area contributed by atoms with Crippen LogP contribution >= 0.6 is 0 Å². The van der Waals surface area contributed by atoms with E-state index in [4.69, 9.17) is 0 Å². The van der Waals surface area contributed by atoms with Crippen molar-refractivity contribution in [2.75, 3.05) is 23.3 Å². The molecular formula is C20H22N4O. The summed E-state index contributed by atoms with van der Waals surface area (Å²) >= 11 is 0. The van der Waals surface area contributed by atoms with Crippen molar-refractivity contribution in [3.05, 3.63) is 72.8 Å². The van der Waals surface area contributed by atoms with Crippen LogP contribution in [0.3, 0.4) is 0 Å². The summed E-state index contributed by atoms with van der Waals surface area (Å²) in [5.41, 5.74) is 3.54. The van der Waals surface area contributed by atoms with Gasteiger partial charge in [-0.2, -0.15) is 0 Å². The number of carbonyl (C=O) groups excluding carboxylic acids is 1. The van der Waals surface area contributed by atoms with Crippen molar-refractivity contribution in [1.82, 2.24) is 9.55 Å². The molecule has 25 heavy (non-hydrogen) atoms. The summed E-state index contributed by atoms with van der Waals surface area (Å²) < 4.78 is 1.90. The lowest BCUT2D eigenvalue weighted by atomic mass is 10.2. The van der Waals surface area contributed by atoms with Crippen molar-refractivity contribution < 1.29 is 4.79 Å². The summed E-state index contributed by atoms with van der Waals surface area (Å²) in [7, 11) is 0. The molecule has 0 bridgehead atoms. The van der Waals surface area contributed by atoms with Gasteiger partial charge in [-0.3, -0.25) is 4.79 Å². The molecule has 0 saturated carbocycles. The summed E-state index contributed by atoms with van der Waals surface area (Å²) in [6.07, 6.45) is 5.32. The van der Waals surface area contributed by atoms with Crippen LogP contribution in [0.4, 0.5) is 11.4 Å². The van der Waals surface area contributed by atoms with Crippen molar-refractivity contribution in [3.8, 4) is 5.69 Å². The zero-order valence-electron chi connectivity index (χ0n) is 14.5. The molecule has 0 atom stereocenters. The molecule has 5 nitrogen and oxygen atoms in total. The highest BCUT2D eigenvalue weighted by Crippen LogP contribution is 2.18. The highest BCUT2D eigenvalue weighted by Gasteiger charge is 2.07. The van der Waals surface area contributed by atoms with E-state index in [0.29, 0.717) is 5.56 Å². The molecule has 1 N–H and O–H groups in total. The third-order valence-corrected chi connectivity index (χ3v) is 4.19. The van der Waals surface area contributed by atoms with Crippen LogP contribution in [-0.2, 0) is 0 Å². The molecule has 0 fully saturated rings. The number of hydrogen-bond donors (Lipinski definition) is 1. The van der Waals surface area contributed by atoms with E-state index in [9.17, 15) is 4.79 Å². The topological polar surface area (TPSA) is 50.2 Å². The Bertz CT molecular complexity index is 804. The lowest BCUT2D eigenvalue weighted by Gasteiger charge is -2.21. The number of anilines is 2. The van der Waals surface area contributed by atoms with Crippen LogP contribution in [0.15, 0.2) is 67.3 Å². The Balaban J connectivity index is 1.67. The van der Waals surface area contributed by atoms with Gasteiger partial charge in [0.15, 0.2) is 0 Å². The van der Waals surface area contributed by atoms with Gasteiger partial charge < -0.3 is 14.8 Å². The van der Waals surface area contributed by atoms with Crippen LogP contribution in [0.2, 0.25) is 0 Å². The molecule has 1 aromatic heterocycles. The number of rotatable bonds is 6. The molecule has 0 aliphatic rings. The number of aromatic nitrogens is 2. The molecule has 5 heteroatoms. The Morgan fingerprint density at radius 1 is 1.04 bits per heavy atom. The van der Waals surface area contributed by atoms with E-state index in [1.165, 1.54) is 0 Å². The van der Waals surface area contributed by atoms with Crippen molar-refractivity contribution >= 4 is 17.3 Å². The predicted molar refractivity (Wildman–Crippen MR) is 102 cm³/mol. The first-order chi connectivity index (χ1) is 12.2. The number of nitrogens with one attached hydrogen (secondary N) is 1. The van der Waals surface area contributed by atoms with Crippen molar-refractivity contribution in [2.45, 2.75) is 13.8 Å². The van der Waals surface area contributed by atoms with Gasteiger partial charge in [-0.15, -0.1) is 0 Å². The quantitative estimate of drug-likeness (QED) is 0.742. The third-order valence-electron chi connectivity index (χ3n) is 4.19. The molecule has 1 amide bonds. The Morgan fingerprint density at radius 3 is 2.28 bits per heavy atom. The van der Waals surface area contributed by atoms with E-state index in [0.717, 1.165) is 30.2 Å². The minimum Gasteiger partial charge on any atom is -0.372 e. The largest absolute Gasteiger partial charge is 0.372 e. The molecule has 128 valence electrons. The molecule has 3 aromatic rings. The van der Waals surface area contributed by atoms with E-state index < -0.39 is 0 Å². The highest BCUT2D eigenvalue weighted by atomic mass is 16.1. The second-order valence-corrected chi connectivity index (χ2v) is 5.69. The van der Waals surface area contributed by atoms with Crippen LogP contribution in [0.25, 0.3) is 5.69 Å². The van der Waals surface area contributed by atoms with Crippen LogP contribution in [0, 0.1) is 0 Å². The van der Waals surface area contributed by atoms with Crippen LogP contribution in [0.5, 0.6) is 0 Å². The van der Waals surface area contributed by atoms with Gasteiger partial charge in [0.2, 0.25) is 0 Å². The zero-order valence-corrected chi connectivity index (χ0v) is 14.5. The van der Waals surface area contributed by atoms with Gasteiger partial charge in [0.1, 0.15) is 0 Å². The van der Waals surface area contributed by atoms with Gasteiger partial charge >= 0.3 is 0 Å². The summed E-state index contributed by atoms with van der Waals surface area (Å²) in [5.74, 6) is -0.118. The number of amides is 1. The maximum atomic E-state index is 12.4. The SMILES string of the molecule is CCN(CC)c1ccc(NC(=O)c2ccc(-n3ccnc3)cc2)cc1. The smallest absolute Gasteiger partial charge is 0.255 e. The fraction of sp³-hybridized carbons (Fsp3) is 0.200.